The molecule has 1 saturated carbocycles. The summed E-state index contributed by atoms with van der Waals surface area (Å²) in [5.74, 6) is 0.256. The summed E-state index contributed by atoms with van der Waals surface area (Å²) in [6.07, 6.45) is 10.4. The number of amides is 1. The molecule has 1 fully saturated rings. The molecule has 0 atom stereocenters. The van der Waals surface area contributed by atoms with E-state index in [0.29, 0.717) is 30.0 Å². The zero-order valence-electron chi connectivity index (χ0n) is 19.7. The van der Waals surface area contributed by atoms with Gasteiger partial charge in [-0.1, -0.05) is 43.9 Å². The van der Waals surface area contributed by atoms with Crippen LogP contribution in [0.2, 0.25) is 0 Å². The molecule has 182 valence electrons. The summed E-state index contributed by atoms with van der Waals surface area (Å²) < 4.78 is 39.7. The Morgan fingerprint density at radius 1 is 1.06 bits per heavy atom. The Balaban J connectivity index is 1.63. The number of carbonyl (C=O) groups excluding carboxylic acids is 1. The Morgan fingerprint density at radius 3 is 2.50 bits per heavy atom. The van der Waals surface area contributed by atoms with Crippen LogP contribution in [0.5, 0.6) is 11.5 Å². The topological polar surface area (TPSA) is 84.9 Å². The monoisotopic (exact) mass is 484 g/mol. The van der Waals surface area contributed by atoms with E-state index < -0.39 is 10.0 Å². The van der Waals surface area contributed by atoms with Crippen LogP contribution in [-0.4, -0.2) is 41.1 Å². The molecular weight excluding hydrogens is 452 g/mol. The highest BCUT2D eigenvalue weighted by atomic mass is 32.2. The summed E-state index contributed by atoms with van der Waals surface area (Å²) in [6, 6.07) is 10.9. The molecule has 1 heterocycles. The number of carbonyl (C=O) groups is 1. The summed E-state index contributed by atoms with van der Waals surface area (Å²) in [7, 11) is -1.04. The van der Waals surface area contributed by atoms with Crippen LogP contribution in [0, 0.1) is 0 Å². The van der Waals surface area contributed by atoms with Gasteiger partial charge in [0, 0.05) is 18.7 Å². The molecule has 2 aliphatic rings. The summed E-state index contributed by atoms with van der Waals surface area (Å²) >= 11 is 0. The number of para-hydroxylation sites is 1. The number of sulfonamides is 1. The van der Waals surface area contributed by atoms with E-state index in [4.69, 9.17) is 9.47 Å². The molecule has 1 amide bonds. The van der Waals surface area contributed by atoms with Crippen LogP contribution in [0.25, 0.3) is 6.08 Å². The van der Waals surface area contributed by atoms with Gasteiger partial charge in [0.1, 0.15) is 4.90 Å². The fourth-order valence-corrected chi connectivity index (χ4v) is 6.47. The molecule has 7 nitrogen and oxygen atoms in total. The van der Waals surface area contributed by atoms with Crippen molar-refractivity contribution in [1.29, 1.82) is 0 Å². The van der Waals surface area contributed by atoms with Gasteiger partial charge < -0.3 is 14.8 Å². The fraction of sp³-hybridized carbons (Fsp3) is 0.423. The maximum absolute atomic E-state index is 13.7. The van der Waals surface area contributed by atoms with Crippen molar-refractivity contribution in [1.82, 2.24) is 5.32 Å². The van der Waals surface area contributed by atoms with Crippen molar-refractivity contribution in [2.24, 2.45) is 0 Å². The van der Waals surface area contributed by atoms with Crippen molar-refractivity contribution in [2.75, 3.05) is 25.1 Å². The second kappa shape index (κ2) is 10.5. The average molecular weight is 485 g/mol. The summed E-state index contributed by atoms with van der Waals surface area (Å²) in [6.45, 7) is 0.358. The number of rotatable bonds is 7. The van der Waals surface area contributed by atoms with E-state index in [-0.39, 0.29) is 22.6 Å². The first-order valence-corrected chi connectivity index (χ1v) is 13.2. The molecule has 34 heavy (non-hydrogen) atoms. The average Bonchev–Trinajstić information content (AvgIpc) is 3.13. The van der Waals surface area contributed by atoms with E-state index in [1.165, 1.54) is 43.5 Å². The second-order valence-electron chi connectivity index (χ2n) is 8.74. The van der Waals surface area contributed by atoms with E-state index in [2.05, 4.69) is 5.32 Å². The molecule has 2 aromatic carbocycles. The van der Waals surface area contributed by atoms with Gasteiger partial charge in [-0.3, -0.25) is 9.10 Å². The molecule has 2 aromatic rings. The third-order valence-electron chi connectivity index (χ3n) is 6.51. The zero-order chi connectivity index (χ0) is 24.1. The van der Waals surface area contributed by atoms with Gasteiger partial charge in [0.2, 0.25) is 5.91 Å². The zero-order valence-corrected chi connectivity index (χ0v) is 20.6. The smallest absolute Gasteiger partial charge is 0.268 e. The molecule has 4 rings (SSSR count). The third kappa shape index (κ3) is 5.06. The van der Waals surface area contributed by atoms with Crippen molar-refractivity contribution < 1.29 is 22.7 Å². The van der Waals surface area contributed by atoms with Crippen molar-refractivity contribution in [3.63, 3.8) is 0 Å². The predicted octanol–water partition coefficient (Wildman–Crippen LogP) is 4.31. The number of hydrogen-bond donors (Lipinski definition) is 1. The molecule has 0 radical (unpaired) electrons. The molecule has 1 N–H and O–H groups in total. The first-order chi connectivity index (χ1) is 16.4. The first kappa shape index (κ1) is 24.1. The van der Waals surface area contributed by atoms with Crippen LogP contribution in [-0.2, 0) is 21.2 Å². The Labute approximate surface area is 201 Å². The van der Waals surface area contributed by atoms with Crippen LogP contribution in [0.4, 0.5) is 5.69 Å². The quantitative estimate of drug-likeness (QED) is 0.468. The molecule has 0 aromatic heterocycles. The highest BCUT2D eigenvalue weighted by Gasteiger charge is 2.34. The maximum Gasteiger partial charge on any atom is 0.268 e. The van der Waals surface area contributed by atoms with Gasteiger partial charge in [-0.25, -0.2) is 8.42 Å². The van der Waals surface area contributed by atoms with Gasteiger partial charge in [-0.15, -0.1) is 0 Å². The van der Waals surface area contributed by atoms with Crippen LogP contribution in [0.1, 0.15) is 49.7 Å². The Kier molecular flexibility index (Phi) is 7.46. The minimum absolute atomic E-state index is 0.00915. The Morgan fingerprint density at radius 2 is 1.79 bits per heavy atom. The van der Waals surface area contributed by atoms with E-state index in [1.807, 2.05) is 24.3 Å². The minimum Gasteiger partial charge on any atom is -0.493 e. The van der Waals surface area contributed by atoms with Crippen LogP contribution < -0.4 is 19.1 Å². The molecule has 0 spiro atoms. The Hall–Kier alpha value is -3.00. The molecule has 0 bridgehead atoms. The molecule has 1 aliphatic heterocycles. The maximum atomic E-state index is 13.7. The summed E-state index contributed by atoms with van der Waals surface area (Å²) in [5.41, 5.74) is 2.20. The lowest BCUT2D eigenvalue weighted by molar-refractivity contribution is -0.117. The van der Waals surface area contributed by atoms with Gasteiger partial charge in [0.05, 0.1) is 19.9 Å². The Bertz CT molecular complexity index is 1170. The second-order valence-corrected chi connectivity index (χ2v) is 10.6. The van der Waals surface area contributed by atoms with Crippen LogP contribution >= 0.6 is 0 Å². The molecule has 0 unspecified atom stereocenters. The van der Waals surface area contributed by atoms with Crippen molar-refractivity contribution in [3.8, 4) is 11.5 Å². The van der Waals surface area contributed by atoms with E-state index in [9.17, 15) is 13.2 Å². The van der Waals surface area contributed by atoms with E-state index in [1.54, 1.807) is 12.1 Å². The molecular formula is C26H32N2O5S. The van der Waals surface area contributed by atoms with Gasteiger partial charge in [-0.2, -0.15) is 0 Å². The van der Waals surface area contributed by atoms with Crippen molar-refractivity contribution in [2.45, 2.75) is 55.9 Å². The number of anilines is 1. The third-order valence-corrected chi connectivity index (χ3v) is 8.33. The van der Waals surface area contributed by atoms with E-state index in [0.717, 1.165) is 31.2 Å². The fourth-order valence-electron chi connectivity index (χ4n) is 4.76. The van der Waals surface area contributed by atoms with Gasteiger partial charge in [0.15, 0.2) is 11.5 Å². The highest BCUT2D eigenvalue weighted by Crippen LogP contribution is 2.40. The number of benzene rings is 2. The normalized spacial score (nSPS) is 16.8. The van der Waals surface area contributed by atoms with Crippen molar-refractivity contribution >= 4 is 27.7 Å². The minimum atomic E-state index is -3.92. The van der Waals surface area contributed by atoms with Gasteiger partial charge in [-0.05, 0) is 54.7 Å². The predicted molar refractivity (Wildman–Crippen MR) is 133 cm³/mol. The number of ether oxygens (including phenoxy) is 2. The number of methoxy groups -OCH3 is 2. The van der Waals surface area contributed by atoms with Gasteiger partial charge >= 0.3 is 0 Å². The largest absolute Gasteiger partial charge is 0.493 e. The van der Waals surface area contributed by atoms with Crippen LogP contribution in [0.3, 0.4) is 0 Å². The first-order valence-electron chi connectivity index (χ1n) is 11.8. The number of nitrogens with zero attached hydrogens (tertiary/aromatic N) is 1. The number of fused-ring (bicyclic) bond motifs is 1. The number of hydrogen-bond acceptors (Lipinski definition) is 5. The summed E-state index contributed by atoms with van der Waals surface area (Å²) in [5, 5.41) is 3.07. The van der Waals surface area contributed by atoms with Gasteiger partial charge in [0.25, 0.3) is 10.0 Å². The molecule has 1 aliphatic carbocycles. The lowest BCUT2D eigenvalue weighted by Crippen LogP contribution is -2.33. The highest BCUT2D eigenvalue weighted by molar-refractivity contribution is 7.93. The lowest BCUT2D eigenvalue weighted by atomic mass is 10.1. The molecule has 0 saturated heterocycles. The SMILES string of the molecule is COc1cc(C=CC(=O)NC2CCCCCC2)cc(S(=O)(=O)N2CCc3ccccc32)c1OC. The van der Waals surface area contributed by atoms with Crippen molar-refractivity contribution in [3.05, 3.63) is 53.6 Å². The van der Waals surface area contributed by atoms with Crippen LogP contribution in [0.15, 0.2) is 47.4 Å². The summed E-state index contributed by atoms with van der Waals surface area (Å²) in [4.78, 5) is 12.5. The lowest BCUT2D eigenvalue weighted by Gasteiger charge is -2.22. The molecule has 8 heteroatoms. The standard InChI is InChI=1S/C26H32N2O5S/c1-32-23-17-19(13-14-25(29)27-21-10-5-3-4-6-11-21)18-24(26(23)33-2)34(30,31)28-16-15-20-9-7-8-12-22(20)28/h7-9,12-14,17-18,21H,3-6,10-11,15-16H2,1-2H3,(H,27,29). The number of nitrogens with one attached hydrogen (secondary N) is 1. The van der Waals surface area contributed by atoms with E-state index >= 15 is 0 Å².